The van der Waals surface area contributed by atoms with Gasteiger partial charge in [-0.25, -0.2) is 4.98 Å². The molecule has 1 aromatic carbocycles. The number of imidazole rings is 1. The molecule has 3 rings (SSSR count). The molecule has 1 atom stereocenters. The van der Waals surface area contributed by atoms with E-state index in [1.807, 2.05) is 0 Å². The molecular weight excluding hydrogens is 298 g/mol. The van der Waals surface area contributed by atoms with Crippen LogP contribution in [-0.2, 0) is 6.42 Å². The van der Waals surface area contributed by atoms with Gasteiger partial charge >= 0.3 is 0 Å². The van der Waals surface area contributed by atoms with E-state index in [1.54, 1.807) is 23.1 Å². The maximum atomic E-state index is 6.16. The zero-order valence-corrected chi connectivity index (χ0v) is 13.9. The SMILES string of the molecule is CCC(N)Cc1c(Sc2cccc(C)c2)nc2sccn12. The number of nitrogens with zero attached hydrogens (tertiary/aromatic N) is 2. The highest BCUT2D eigenvalue weighted by Crippen LogP contribution is 2.32. The van der Waals surface area contributed by atoms with Crippen molar-refractivity contribution in [2.45, 2.75) is 42.7 Å². The van der Waals surface area contributed by atoms with E-state index in [0.717, 1.165) is 22.8 Å². The second-order valence-electron chi connectivity index (χ2n) is 5.21. The Bertz CT molecular complexity index is 745. The predicted octanol–water partition coefficient (Wildman–Crippen LogP) is 4.14. The van der Waals surface area contributed by atoms with Gasteiger partial charge in [-0.15, -0.1) is 11.3 Å². The lowest BCUT2D eigenvalue weighted by Crippen LogP contribution is -2.22. The molecule has 3 nitrogen and oxygen atoms in total. The van der Waals surface area contributed by atoms with Crippen molar-refractivity contribution in [1.82, 2.24) is 9.38 Å². The van der Waals surface area contributed by atoms with Gasteiger partial charge in [-0.3, -0.25) is 4.40 Å². The summed E-state index contributed by atoms with van der Waals surface area (Å²) >= 11 is 3.40. The number of benzene rings is 1. The summed E-state index contributed by atoms with van der Waals surface area (Å²) in [6, 6.07) is 8.72. The van der Waals surface area contributed by atoms with E-state index in [9.17, 15) is 0 Å². The molecule has 0 aliphatic heterocycles. The minimum absolute atomic E-state index is 0.182. The first-order valence-corrected chi connectivity index (χ1v) is 8.81. The third kappa shape index (κ3) is 3.15. The van der Waals surface area contributed by atoms with Gasteiger partial charge < -0.3 is 5.73 Å². The number of fused-ring (bicyclic) bond motifs is 1. The molecule has 3 aromatic rings. The molecule has 5 heteroatoms. The standard InChI is InChI=1S/C16H19N3S2/c1-3-12(17)10-14-15(18-16-19(14)7-8-20-16)21-13-6-4-5-11(2)9-13/h4-9,12H,3,10,17H2,1-2H3. The van der Waals surface area contributed by atoms with Crippen molar-refractivity contribution in [3.8, 4) is 0 Å². The summed E-state index contributed by atoms with van der Waals surface area (Å²) in [7, 11) is 0. The third-order valence-corrected chi connectivity index (χ3v) is 5.27. The lowest BCUT2D eigenvalue weighted by Gasteiger charge is -2.09. The molecule has 0 saturated heterocycles. The minimum Gasteiger partial charge on any atom is -0.327 e. The molecule has 0 fully saturated rings. The van der Waals surface area contributed by atoms with Gasteiger partial charge in [0, 0.05) is 28.9 Å². The largest absolute Gasteiger partial charge is 0.327 e. The number of hydrogen-bond donors (Lipinski definition) is 1. The van der Waals surface area contributed by atoms with E-state index in [-0.39, 0.29) is 6.04 Å². The Kier molecular flexibility index (Phi) is 4.33. The monoisotopic (exact) mass is 317 g/mol. The molecule has 2 heterocycles. The lowest BCUT2D eigenvalue weighted by molar-refractivity contribution is 0.627. The fourth-order valence-corrected chi connectivity index (χ4v) is 4.10. The van der Waals surface area contributed by atoms with E-state index in [1.165, 1.54) is 16.2 Å². The summed E-state index contributed by atoms with van der Waals surface area (Å²) in [5.74, 6) is 0. The zero-order chi connectivity index (χ0) is 14.8. The summed E-state index contributed by atoms with van der Waals surface area (Å²) in [5.41, 5.74) is 8.66. The normalized spacial score (nSPS) is 12.9. The average Bonchev–Trinajstić information content (AvgIpc) is 3.02. The van der Waals surface area contributed by atoms with Crippen molar-refractivity contribution in [3.63, 3.8) is 0 Å². The van der Waals surface area contributed by atoms with Crippen LogP contribution in [0.2, 0.25) is 0 Å². The van der Waals surface area contributed by atoms with Crippen LogP contribution in [0.25, 0.3) is 4.96 Å². The summed E-state index contributed by atoms with van der Waals surface area (Å²) in [6.45, 7) is 4.24. The molecule has 0 radical (unpaired) electrons. The van der Waals surface area contributed by atoms with Crippen LogP contribution in [0.4, 0.5) is 0 Å². The van der Waals surface area contributed by atoms with Crippen molar-refractivity contribution < 1.29 is 0 Å². The number of aromatic nitrogens is 2. The smallest absolute Gasteiger partial charge is 0.194 e. The molecule has 0 aliphatic carbocycles. The van der Waals surface area contributed by atoms with Crippen LogP contribution >= 0.6 is 23.1 Å². The first kappa shape index (κ1) is 14.6. The maximum Gasteiger partial charge on any atom is 0.194 e. The van der Waals surface area contributed by atoms with E-state index >= 15 is 0 Å². The first-order chi connectivity index (χ1) is 10.2. The van der Waals surface area contributed by atoms with Crippen LogP contribution in [0.1, 0.15) is 24.6 Å². The highest BCUT2D eigenvalue weighted by molar-refractivity contribution is 7.99. The molecule has 2 N–H and O–H groups in total. The van der Waals surface area contributed by atoms with Crippen LogP contribution < -0.4 is 5.73 Å². The molecular formula is C16H19N3S2. The third-order valence-electron chi connectivity index (χ3n) is 3.51. The Morgan fingerprint density at radius 3 is 3.05 bits per heavy atom. The maximum absolute atomic E-state index is 6.16. The van der Waals surface area contributed by atoms with Crippen molar-refractivity contribution >= 4 is 28.1 Å². The Labute approximate surface area is 133 Å². The second-order valence-corrected chi connectivity index (χ2v) is 7.15. The minimum atomic E-state index is 0.182. The molecule has 0 aliphatic rings. The number of thiazole rings is 1. The number of rotatable bonds is 5. The average molecular weight is 317 g/mol. The van der Waals surface area contributed by atoms with Crippen LogP contribution in [-0.4, -0.2) is 15.4 Å². The van der Waals surface area contributed by atoms with E-state index in [0.29, 0.717) is 0 Å². The van der Waals surface area contributed by atoms with Gasteiger partial charge in [0.05, 0.1) is 5.69 Å². The molecule has 0 saturated carbocycles. The van der Waals surface area contributed by atoms with Gasteiger partial charge in [-0.2, -0.15) is 0 Å². The van der Waals surface area contributed by atoms with Crippen molar-refractivity contribution in [2.75, 3.05) is 0 Å². The van der Waals surface area contributed by atoms with Gasteiger partial charge in [0.2, 0.25) is 0 Å². The molecule has 0 bridgehead atoms. The summed E-state index contributed by atoms with van der Waals surface area (Å²) in [4.78, 5) is 7.05. The Morgan fingerprint density at radius 2 is 2.29 bits per heavy atom. The summed E-state index contributed by atoms with van der Waals surface area (Å²) in [5, 5.41) is 3.15. The van der Waals surface area contributed by atoms with Gasteiger partial charge in [-0.1, -0.05) is 36.4 Å². The second kappa shape index (κ2) is 6.22. The molecule has 21 heavy (non-hydrogen) atoms. The fraction of sp³-hybridized carbons (Fsp3) is 0.312. The molecule has 110 valence electrons. The van der Waals surface area contributed by atoms with Crippen molar-refractivity contribution in [1.29, 1.82) is 0 Å². The first-order valence-electron chi connectivity index (χ1n) is 7.12. The molecule has 1 unspecified atom stereocenters. The van der Waals surface area contributed by atoms with E-state index in [2.05, 4.69) is 54.1 Å². The number of hydrogen-bond acceptors (Lipinski definition) is 4. The van der Waals surface area contributed by atoms with Crippen LogP contribution in [0.5, 0.6) is 0 Å². The van der Waals surface area contributed by atoms with Gasteiger partial charge in [0.25, 0.3) is 0 Å². The van der Waals surface area contributed by atoms with E-state index < -0.39 is 0 Å². The van der Waals surface area contributed by atoms with Crippen molar-refractivity contribution in [2.24, 2.45) is 5.73 Å². The highest BCUT2D eigenvalue weighted by Gasteiger charge is 2.16. The fourth-order valence-electron chi connectivity index (χ4n) is 2.26. The predicted molar refractivity (Wildman–Crippen MR) is 90.3 cm³/mol. The number of aryl methyl sites for hydroxylation is 1. The van der Waals surface area contributed by atoms with Gasteiger partial charge in [-0.05, 0) is 25.5 Å². The molecule has 0 amide bonds. The van der Waals surface area contributed by atoms with E-state index in [4.69, 9.17) is 10.7 Å². The Morgan fingerprint density at radius 1 is 1.43 bits per heavy atom. The Balaban J connectivity index is 1.97. The molecule has 2 aromatic heterocycles. The Hall–Kier alpha value is -1.30. The number of nitrogens with two attached hydrogens (primary N) is 1. The molecule has 0 spiro atoms. The van der Waals surface area contributed by atoms with Gasteiger partial charge in [0.1, 0.15) is 5.03 Å². The van der Waals surface area contributed by atoms with Crippen LogP contribution in [0.15, 0.2) is 45.8 Å². The van der Waals surface area contributed by atoms with Gasteiger partial charge in [0.15, 0.2) is 4.96 Å². The topological polar surface area (TPSA) is 43.3 Å². The summed E-state index contributed by atoms with van der Waals surface area (Å²) in [6.07, 6.45) is 3.93. The summed E-state index contributed by atoms with van der Waals surface area (Å²) < 4.78 is 2.18. The quantitative estimate of drug-likeness (QED) is 0.769. The zero-order valence-electron chi connectivity index (χ0n) is 12.2. The van der Waals surface area contributed by atoms with Crippen molar-refractivity contribution in [3.05, 3.63) is 47.1 Å². The lowest BCUT2D eigenvalue weighted by atomic mass is 10.1. The van der Waals surface area contributed by atoms with Crippen LogP contribution in [0, 0.1) is 6.92 Å². The van der Waals surface area contributed by atoms with Crippen LogP contribution in [0.3, 0.4) is 0 Å². The highest BCUT2D eigenvalue weighted by atomic mass is 32.2.